The SMILES string of the molecule is CCC[C@]1(C(=O)OCC)N[C@H](c2ccco2)[C@@H]2C(=O)N(C)C(=O)[C@H]21. The summed E-state index contributed by atoms with van der Waals surface area (Å²) >= 11 is 0. The molecule has 1 aromatic heterocycles. The molecule has 2 fully saturated rings. The molecule has 7 heteroatoms. The van der Waals surface area contributed by atoms with Crippen molar-refractivity contribution in [2.75, 3.05) is 13.7 Å². The zero-order valence-corrected chi connectivity index (χ0v) is 14.1. The molecule has 24 heavy (non-hydrogen) atoms. The molecule has 7 nitrogen and oxygen atoms in total. The van der Waals surface area contributed by atoms with E-state index in [1.165, 1.54) is 13.3 Å². The van der Waals surface area contributed by atoms with E-state index in [9.17, 15) is 14.4 Å². The van der Waals surface area contributed by atoms with E-state index in [2.05, 4.69) is 5.32 Å². The number of nitrogens with zero attached hydrogens (tertiary/aromatic N) is 1. The number of furan rings is 1. The standard InChI is InChI=1S/C17H22N2O5/c1-4-8-17(16(22)23-5-2)12-11(14(20)19(3)15(12)21)13(18-17)10-7-6-9-24-10/h6-7,9,11-13,18H,4-5,8H2,1-3H3/t11-,12+,13-,17+/m1/s1. The van der Waals surface area contributed by atoms with Crippen LogP contribution in [0.4, 0.5) is 0 Å². The average molecular weight is 334 g/mol. The number of rotatable bonds is 5. The molecule has 0 saturated carbocycles. The van der Waals surface area contributed by atoms with Crippen LogP contribution in [0.5, 0.6) is 0 Å². The topological polar surface area (TPSA) is 88.8 Å². The van der Waals surface area contributed by atoms with Gasteiger partial charge in [-0.3, -0.25) is 24.6 Å². The molecule has 1 aromatic rings. The Morgan fingerprint density at radius 2 is 2.12 bits per heavy atom. The van der Waals surface area contributed by atoms with Gasteiger partial charge in [0.25, 0.3) is 0 Å². The molecule has 0 aliphatic carbocycles. The normalized spacial score (nSPS) is 32.3. The highest BCUT2D eigenvalue weighted by Crippen LogP contribution is 2.50. The molecule has 2 aliphatic rings. The van der Waals surface area contributed by atoms with Crippen molar-refractivity contribution in [3.05, 3.63) is 24.2 Å². The number of carbonyl (C=O) groups is 3. The maximum Gasteiger partial charge on any atom is 0.327 e. The Bertz CT molecular complexity index is 656. The van der Waals surface area contributed by atoms with Gasteiger partial charge in [0.05, 0.1) is 30.7 Å². The summed E-state index contributed by atoms with van der Waals surface area (Å²) in [5.74, 6) is -2.00. The van der Waals surface area contributed by atoms with Crippen LogP contribution in [-0.4, -0.2) is 41.9 Å². The maximum atomic E-state index is 12.8. The number of imide groups is 1. The van der Waals surface area contributed by atoms with E-state index in [1.54, 1.807) is 19.1 Å². The van der Waals surface area contributed by atoms with Crippen molar-refractivity contribution >= 4 is 17.8 Å². The molecule has 2 aliphatic heterocycles. The maximum absolute atomic E-state index is 12.8. The Labute approximate surface area is 140 Å². The Hall–Kier alpha value is -2.15. The van der Waals surface area contributed by atoms with E-state index in [4.69, 9.17) is 9.15 Å². The molecule has 0 aromatic carbocycles. The number of likely N-dealkylation sites (tertiary alicyclic amines) is 1. The van der Waals surface area contributed by atoms with Gasteiger partial charge in [-0.05, 0) is 25.5 Å². The summed E-state index contributed by atoms with van der Waals surface area (Å²) in [6.45, 7) is 3.87. The molecule has 3 rings (SSSR count). The number of hydrogen-bond donors (Lipinski definition) is 1. The van der Waals surface area contributed by atoms with Crippen LogP contribution in [0, 0.1) is 11.8 Å². The fourth-order valence-electron chi connectivity index (χ4n) is 4.03. The third-order valence-electron chi connectivity index (χ3n) is 5.01. The van der Waals surface area contributed by atoms with Crippen LogP contribution in [0.15, 0.2) is 22.8 Å². The predicted octanol–water partition coefficient (Wildman–Crippen LogP) is 1.26. The lowest BCUT2D eigenvalue weighted by Gasteiger charge is -2.32. The second-order valence-electron chi connectivity index (χ2n) is 6.32. The summed E-state index contributed by atoms with van der Waals surface area (Å²) in [6.07, 6.45) is 2.60. The number of fused-ring (bicyclic) bond motifs is 1. The van der Waals surface area contributed by atoms with Crippen molar-refractivity contribution in [3.8, 4) is 0 Å². The quantitative estimate of drug-likeness (QED) is 0.644. The number of nitrogens with one attached hydrogen (secondary N) is 1. The van der Waals surface area contributed by atoms with Crippen molar-refractivity contribution in [2.45, 2.75) is 38.3 Å². The Morgan fingerprint density at radius 3 is 2.71 bits per heavy atom. The Kier molecular flexibility index (Phi) is 4.21. The Balaban J connectivity index is 2.10. The second-order valence-corrected chi connectivity index (χ2v) is 6.32. The predicted molar refractivity (Wildman–Crippen MR) is 83.6 cm³/mol. The summed E-state index contributed by atoms with van der Waals surface area (Å²) in [4.78, 5) is 39.3. The first-order chi connectivity index (χ1) is 11.5. The molecule has 1 N–H and O–H groups in total. The van der Waals surface area contributed by atoms with E-state index < -0.39 is 29.4 Å². The van der Waals surface area contributed by atoms with E-state index >= 15 is 0 Å². The fraction of sp³-hybridized carbons (Fsp3) is 0.588. The number of ether oxygens (including phenoxy) is 1. The van der Waals surface area contributed by atoms with Crippen LogP contribution in [-0.2, 0) is 19.1 Å². The highest BCUT2D eigenvalue weighted by Gasteiger charge is 2.68. The van der Waals surface area contributed by atoms with Crippen LogP contribution in [0.2, 0.25) is 0 Å². The van der Waals surface area contributed by atoms with E-state index in [0.717, 1.165) is 4.90 Å². The van der Waals surface area contributed by atoms with Gasteiger partial charge in [-0.25, -0.2) is 0 Å². The summed E-state index contributed by atoms with van der Waals surface area (Å²) < 4.78 is 10.7. The highest BCUT2D eigenvalue weighted by molar-refractivity contribution is 6.09. The van der Waals surface area contributed by atoms with Gasteiger partial charge in [-0.2, -0.15) is 0 Å². The van der Waals surface area contributed by atoms with Gasteiger partial charge < -0.3 is 9.15 Å². The fourth-order valence-corrected chi connectivity index (χ4v) is 4.03. The van der Waals surface area contributed by atoms with Crippen LogP contribution in [0.1, 0.15) is 38.5 Å². The molecule has 3 heterocycles. The highest BCUT2D eigenvalue weighted by atomic mass is 16.5. The van der Waals surface area contributed by atoms with E-state index in [-0.39, 0.29) is 18.4 Å². The monoisotopic (exact) mass is 334 g/mol. The zero-order chi connectivity index (χ0) is 17.5. The van der Waals surface area contributed by atoms with Crippen molar-refractivity contribution < 1.29 is 23.5 Å². The largest absolute Gasteiger partial charge is 0.468 e. The zero-order valence-electron chi connectivity index (χ0n) is 14.1. The second kappa shape index (κ2) is 6.05. The van der Waals surface area contributed by atoms with Gasteiger partial charge in [0.1, 0.15) is 11.3 Å². The van der Waals surface area contributed by atoms with Gasteiger partial charge in [-0.1, -0.05) is 13.3 Å². The molecule has 2 amide bonds. The minimum absolute atomic E-state index is 0.215. The number of amides is 2. The van der Waals surface area contributed by atoms with Crippen LogP contribution in [0.3, 0.4) is 0 Å². The lowest BCUT2D eigenvalue weighted by molar-refractivity contribution is -0.156. The van der Waals surface area contributed by atoms with Gasteiger partial charge >= 0.3 is 5.97 Å². The molecular formula is C17H22N2O5. The van der Waals surface area contributed by atoms with Crippen molar-refractivity contribution in [1.29, 1.82) is 0 Å². The van der Waals surface area contributed by atoms with Crippen molar-refractivity contribution in [2.24, 2.45) is 11.8 Å². The molecule has 0 bridgehead atoms. The molecule has 4 atom stereocenters. The van der Waals surface area contributed by atoms with E-state index in [1.807, 2.05) is 6.92 Å². The van der Waals surface area contributed by atoms with Crippen LogP contribution in [0.25, 0.3) is 0 Å². The lowest BCUT2D eigenvalue weighted by atomic mass is 9.77. The Morgan fingerprint density at radius 1 is 1.38 bits per heavy atom. The van der Waals surface area contributed by atoms with Gasteiger partial charge in [0, 0.05) is 7.05 Å². The summed E-state index contributed by atoms with van der Waals surface area (Å²) in [6, 6.07) is 2.95. The number of carbonyl (C=O) groups excluding carboxylic acids is 3. The first kappa shape index (κ1) is 16.7. The summed E-state index contributed by atoms with van der Waals surface area (Å²) in [5, 5.41) is 3.24. The smallest absolute Gasteiger partial charge is 0.327 e. The molecule has 130 valence electrons. The molecule has 0 radical (unpaired) electrons. The minimum Gasteiger partial charge on any atom is -0.468 e. The molecule has 0 unspecified atom stereocenters. The first-order valence-electron chi connectivity index (χ1n) is 8.27. The molecule has 0 spiro atoms. The third kappa shape index (κ3) is 2.18. The van der Waals surface area contributed by atoms with Crippen LogP contribution >= 0.6 is 0 Å². The van der Waals surface area contributed by atoms with Gasteiger partial charge in [0.15, 0.2) is 0 Å². The number of hydrogen-bond acceptors (Lipinski definition) is 6. The van der Waals surface area contributed by atoms with Crippen molar-refractivity contribution in [1.82, 2.24) is 10.2 Å². The summed E-state index contributed by atoms with van der Waals surface area (Å²) in [5.41, 5.74) is -1.20. The third-order valence-corrected chi connectivity index (χ3v) is 5.01. The van der Waals surface area contributed by atoms with Crippen molar-refractivity contribution in [3.63, 3.8) is 0 Å². The first-order valence-corrected chi connectivity index (χ1v) is 8.27. The van der Waals surface area contributed by atoms with Gasteiger partial charge in [0.2, 0.25) is 11.8 Å². The molecule has 2 saturated heterocycles. The number of esters is 1. The molecular weight excluding hydrogens is 312 g/mol. The van der Waals surface area contributed by atoms with E-state index in [0.29, 0.717) is 18.6 Å². The summed E-state index contributed by atoms with van der Waals surface area (Å²) in [7, 11) is 1.46. The average Bonchev–Trinajstić information content (AvgIpc) is 3.23. The van der Waals surface area contributed by atoms with Crippen LogP contribution < -0.4 is 5.32 Å². The minimum atomic E-state index is -1.20. The lowest BCUT2D eigenvalue weighted by Crippen LogP contribution is -2.56. The van der Waals surface area contributed by atoms with Gasteiger partial charge in [-0.15, -0.1) is 0 Å².